The maximum absolute atomic E-state index is 12.7. The van der Waals surface area contributed by atoms with E-state index in [2.05, 4.69) is 10.3 Å². The molecule has 0 bridgehead atoms. The number of carbonyl (C=O) groups excluding carboxylic acids is 2. The number of hydrogen-bond acceptors (Lipinski definition) is 6. The van der Waals surface area contributed by atoms with Gasteiger partial charge in [-0.05, 0) is 51.7 Å². The van der Waals surface area contributed by atoms with E-state index < -0.39 is 5.60 Å². The molecule has 0 aliphatic heterocycles. The quantitative estimate of drug-likeness (QED) is 0.568. The first-order chi connectivity index (χ1) is 15.2. The van der Waals surface area contributed by atoms with Crippen molar-refractivity contribution in [3.63, 3.8) is 0 Å². The summed E-state index contributed by atoms with van der Waals surface area (Å²) in [7, 11) is 0. The van der Waals surface area contributed by atoms with Crippen molar-refractivity contribution < 1.29 is 14.3 Å². The first-order valence-electron chi connectivity index (χ1n) is 11.3. The summed E-state index contributed by atoms with van der Waals surface area (Å²) in [6.45, 7) is 6.57. The number of nitrogens with two attached hydrogens (primary N) is 1. The maximum atomic E-state index is 12.7. The largest absolute Gasteiger partial charge is 0.444 e. The second kappa shape index (κ2) is 10.8. The van der Waals surface area contributed by atoms with E-state index in [1.54, 1.807) is 4.90 Å². The zero-order chi connectivity index (χ0) is 23.1. The van der Waals surface area contributed by atoms with E-state index >= 15 is 0 Å². The fraction of sp³-hybridized carbons (Fsp3) is 0.542. The zero-order valence-electron chi connectivity index (χ0n) is 19.2. The number of amides is 2. The average molecular weight is 459 g/mol. The minimum atomic E-state index is -0.562. The lowest BCUT2D eigenvalue weighted by Crippen LogP contribution is -2.41. The molecule has 3 rings (SSSR count). The number of thiazole rings is 1. The van der Waals surface area contributed by atoms with Crippen molar-refractivity contribution in [3.8, 4) is 11.3 Å². The molecule has 1 fully saturated rings. The summed E-state index contributed by atoms with van der Waals surface area (Å²) in [6, 6.07) is 7.49. The molecule has 1 saturated carbocycles. The van der Waals surface area contributed by atoms with Gasteiger partial charge < -0.3 is 20.7 Å². The van der Waals surface area contributed by atoms with Crippen molar-refractivity contribution in [2.75, 3.05) is 24.1 Å². The van der Waals surface area contributed by atoms with Crippen molar-refractivity contribution in [2.24, 2.45) is 5.92 Å². The Bertz CT molecular complexity index is 899. The Morgan fingerprint density at radius 2 is 1.88 bits per heavy atom. The Balaban J connectivity index is 1.55. The van der Waals surface area contributed by atoms with Crippen LogP contribution in [0.3, 0.4) is 0 Å². The predicted molar refractivity (Wildman–Crippen MR) is 130 cm³/mol. The highest BCUT2D eigenvalue weighted by molar-refractivity contribution is 7.13. The third-order valence-electron chi connectivity index (χ3n) is 5.45. The average Bonchev–Trinajstić information content (AvgIpc) is 3.17. The van der Waals surface area contributed by atoms with Gasteiger partial charge in [-0.1, -0.05) is 31.4 Å². The van der Waals surface area contributed by atoms with Crippen LogP contribution in [0.1, 0.15) is 59.3 Å². The van der Waals surface area contributed by atoms with Gasteiger partial charge in [0.15, 0.2) is 5.13 Å². The van der Waals surface area contributed by atoms with Gasteiger partial charge in [0.05, 0.1) is 5.69 Å². The van der Waals surface area contributed by atoms with E-state index in [0.717, 1.165) is 24.1 Å². The van der Waals surface area contributed by atoms with Crippen molar-refractivity contribution in [1.29, 1.82) is 0 Å². The molecule has 174 valence electrons. The maximum Gasteiger partial charge on any atom is 0.410 e. The van der Waals surface area contributed by atoms with E-state index in [4.69, 9.17) is 10.5 Å². The fourth-order valence-corrected chi connectivity index (χ4v) is 4.44. The van der Waals surface area contributed by atoms with Gasteiger partial charge in [-0.2, -0.15) is 0 Å². The number of ether oxygens (including phenoxy) is 1. The molecule has 0 saturated heterocycles. The van der Waals surface area contributed by atoms with E-state index in [9.17, 15) is 9.59 Å². The molecule has 1 aliphatic carbocycles. The van der Waals surface area contributed by atoms with E-state index in [0.29, 0.717) is 29.8 Å². The number of nitrogen functional groups attached to an aromatic ring is 1. The van der Waals surface area contributed by atoms with Crippen LogP contribution < -0.4 is 11.1 Å². The standard InChI is InChI=1S/C24H34N4O3S/c1-24(2,3)31-23(30)28(15-17-7-5-4-6-8-17)14-13-21(29)26-19-11-9-18(10-12-19)20-16-32-22(25)27-20/h9-12,16-17H,4-8,13-15H2,1-3H3,(H2,25,27)(H,26,29). The SMILES string of the molecule is CC(C)(C)OC(=O)N(CCC(=O)Nc1ccc(-c2csc(N)n2)cc1)CC1CCCCC1. The molecular formula is C24H34N4O3S. The number of rotatable bonds is 7. The van der Waals surface area contributed by atoms with Crippen molar-refractivity contribution in [3.05, 3.63) is 29.6 Å². The number of hydrogen-bond donors (Lipinski definition) is 2. The van der Waals surface area contributed by atoms with E-state index in [1.807, 2.05) is 50.4 Å². The highest BCUT2D eigenvalue weighted by Gasteiger charge is 2.26. The van der Waals surface area contributed by atoms with Gasteiger partial charge in [0.2, 0.25) is 5.91 Å². The van der Waals surface area contributed by atoms with Crippen LogP contribution in [0.5, 0.6) is 0 Å². The first-order valence-corrected chi connectivity index (χ1v) is 12.2. The van der Waals surface area contributed by atoms with Crippen LogP contribution in [0.2, 0.25) is 0 Å². The van der Waals surface area contributed by atoms with Crippen molar-refractivity contribution in [2.45, 2.75) is 64.9 Å². The molecule has 2 aromatic rings. The number of nitrogens with one attached hydrogen (secondary N) is 1. The summed E-state index contributed by atoms with van der Waals surface area (Å²) in [4.78, 5) is 31.3. The Morgan fingerprint density at radius 1 is 1.19 bits per heavy atom. The molecule has 0 radical (unpaired) electrons. The molecule has 8 heteroatoms. The smallest absolute Gasteiger partial charge is 0.410 e. The van der Waals surface area contributed by atoms with Crippen molar-refractivity contribution >= 4 is 34.2 Å². The van der Waals surface area contributed by atoms with Gasteiger partial charge in [-0.25, -0.2) is 9.78 Å². The number of anilines is 2. The van der Waals surface area contributed by atoms with Crippen LogP contribution >= 0.6 is 11.3 Å². The first kappa shape index (κ1) is 24.0. The number of benzene rings is 1. The van der Waals surface area contributed by atoms with Gasteiger partial charge in [0.25, 0.3) is 0 Å². The molecular weight excluding hydrogens is 424 g/mol. The second-order valence-electron chi connectivity index (χ2n) is 9.38. The lowest BCUT2D eigenvalue weighted by atomic mass is 9.89. The van der Waals surface area contributed by atoms with Crippen LogP contribution in [0.25, 0.3) is 11.3 Å². The summed E-state index contributed by atoms with van der Waals surface area (Å²) in [5.41, 5.74) is 7.61. The summed E-state index contributed by atoms with van der Waals surface area (Å²) < 4.78 is 5.59. The molecule has 0 unspecified atom stereocenters. The van der Waals surface area contributed by atoms with Crippen LogP contribution in [-0.4, -0.2) is 40.6 Å². The molecule has 1 aromatic heterocycles. The van der Waals surface area contributed by atoms with Gasteiger partial charge in [0.1, 0.15) is 5.60 Å². The lowest BCUT2D eigenvalue weighted by Gasteiger charge is -2.31. The molecule has 0 spiro atoms. The van der Waals surface area contributed by atoms with Gasteiger partial charge in [-0.3, -0.25) is 4.79 Å². The molecule has 2 amide bonds. The topological polar surface area (TPSA) is 97.5 Å². The van der Waals surface area contributed by atoms with E-state index in [-0.39, 0.29) is 18.4 Å². The normalized spacial score (nSPS) is 14.7. The zero-order valence-corrected chi connectivity index (χ0v) is 20.0. The summed E-state index contributed by atoms with van der Waals surface area (Å²) >= 11 is 1.40. The summed E-state index contributed by atoms with van der Waals surface area (Å²) in [5.74, 6) is 0.347. The van der Waals surface area contributed by atoms with Crippen LogP contribution in [0.15, 0.2) is 29.6 Å². The number of nitrogens with zero attached hydrogens (tertiary/aromatic N) is 2. The predicted octanol–water partition coefficient (Wildman–Crippen LogP) is 5.54. The highest BCUT2D eigenvalue weighted by Crippen LogP contribution is 2.26. The Kier molecular flexibility index (Phi) is 8.12. The molecule has 0 atom stereocenters. The highest BCUT2D eigenvalue weighted by atomic mass is 32.1. The Morgan fingerprint density at radius 3 is 2.47 bits per heavy atom. The molecule has 1 heterocycles. The molecule has 7 nitrogen and oxygen atoms in total. The van der Waals surface area contributed by atoms with Crippen LogP contribution in [0, 0.1) is 5.92 Å². The van der Waals surface area contributed by atoms with Crippen LogP contribution in [-0.2, 0) is 9.53 Å². The van der Waals surface area contributed by atoms with Gasteiger partial charge in [0, 0.05) is 36.1 Å². The number of aromatic nitrogens is 1. The third-order valence-corrected chi connectivity index (χ3v) is 6.12. The fourth-order valence-electron chi connectivity index (χ4n) is 3.87. The van der Waals surface area contributed by atoms with Gasteiger partial charge >= 0.3 is 6.09 Å². The molecule has 32 heavy (non-hydrogen) atoms. The van der Waals surface area contributed by atoms with Gasteiger partial charge in [-0.15, -0.1) is 11.3 Å². The van der Waals surface area contributed by atoms with Crippen LogP contribution in [0.4, 0.5) is 15.6 Å². The molecule has 1 aromatic carbocycles. The van der Waals surface area contributed by atoms with E-state index in [1.165, 1.54) is 30.6 Å². The monoisotopic (exact) mass is 458 g/mol. The van der Waals surface area contributed by atoms with Crippen molar-refractivity contribution in [1.82, 2.24) is 9.88 Å². The summed E-state index contributed by atoms with van der Waals surface area (Å²) in [5, 5.41) is 5.34. The Labute approximate surface area is 194 Å². The minimum Gasteiger partial charge on any atom is -0.444 e. The minimum absolute atomic E-state index is 0.132. The lowest BCUT2D eigenvalue weighted by molar-refractivity contribution is -0.116. The third kappa shape index (κ3) is 7.51. The molecule has 3 N–H and O–H groups in total. The molecule has 1 aliphatic rings. The number of carbonyl (C=O) groups is 2. The second-order valence-corrected chi connectivity index (χ2v) is 10.3. The summed E-state index contributed by atoms with van der Waals surface area (Å²) in [6.07, 6.45) is 5.80. The Hall–Kier alpha value is -2.61.